The second kappa shape index (κ2) is 42.8. The zero-order chi connectivity index (χ0) is 97.1. The number of imidazole rings is 4. The van der Waals surface area contributed by atoms with E-state index in [-0.39, 0.29) is 52.9 Å². The number of hydrogen-bond acceptors (Lipinski definition) is 15. The number of ether oxygens (including phenoxy) is 1. The molecule has 0 spiro atoms. The third kappa shape index (κ3) is 23.4. The van der Waals surface area contributed by atoms with Crippen molar-refractivity contribution >= 4 is 166 Å². The number of amides is 8. The summed E-state index contributed by atoms with van der Waals surface area (Å²) in [5.74, 6) is 0.909. The van der Waals surface area contributed by atoms with Crippen LogP contribution in [0.5, 0.6) is 5.75 Å². The first-order chi connectivity index (χ1) is 68.0. The van der Waals surface area contributed by atoms with Gasteiger partial charge in [0.25, 0.3) is 52.9 Å². The number of nitro benzene ring substituents is 1. The summed E-state index contributed by atoms with van der Waals surface area (Å²) in [5, 5.41) is 34.3. The number of carbonyl (C=O) groups is 8. The van der Waals surface area contributed by atoms with E-state index in [4.69, 9.17) is 27.9 Å². The van der Waals surface area contributed by atoms with Gasteiger partial charge in [-0.05, 0) is 297 Å². The number of H-pyrrole nitrogens is 4. The highest BCUT2D eigenvalue weighted by Crippen LogP contribution is 2.32. The lowest BCUT2D eigenvalue weighted by Gasteiger charge is -2.07. The number of carbonyl (C=O) groups excluding carboxylic acids is 8. The molecule has 20 aromatic rings. The number of benzene rings is 16. The van der Waals surface area contributed by atoms with E-state index in [1.165, 1.54) is 54.6 Å². The smallest absolute Gasteiger partial charge is 0.269 e. The minimum Gasteiger partial charge on any atom is -0.497 e. The van der Waals surface area contributed by atoms with Crippen LogP contribution in [0.4, 0.5) is 55.6 Å². The van der Waals surface area contributed by atoms with Crippen molar-refractivity contribution in [3.8, 4) is 51.3 Å². The Morgan fingerprint density at radius 3 is 0.743 bits per heavy atom. The van der Waals surface area contributed by atoms with E-state index in [0.717, 1.165) is 83.4 Å². The summed E-state index contributed by atoms with van der Waals surface area (Å²) in [4.78, 5) is 142. The number of non-ortho nitro benzene ring substituents is 1. The van der Waals surface area contributed by atoms with Gasteiger partial charge in [0.15, 0.2) is 0 Å². The number of nitrogens with zero attached hydrogens (tertiary/aromatic N) is 5. The van der Waals surface area contributed by atoms with Crippen LogP contribution in [0.25, 0.3) is 89.7 Å². The Morgan fingerprint density at radius 1 is 0.271 bits per heavy atom. The summed E-state index contributed by atoms with van der Waals surface area (Å²) in [6.45, 7) is 0. The highest BCUT2D eigenvalue weighted by atomic mass is 35.5. The molecule has 0 aliphatic heterocycles. The molecule has 0 bridgehead atoms. The minimum atomic E-state index is -0.515. The van der Waals surface area contributed by atoms with Crippen LogP contribution >= 0.6 is 23.2 Å². The molecule has 4 heterocycles. The van der Waals surface area contributed by atoms with Crippen LogP contribution in [0, 0.1) is 15.9 Å². The number of fused-ring (bicyclic) bond motifs is 4. The van der Waals surface area contributed by atoms with Crippen molar-refractivity contribution < 1.29 is 52.4 Å². The molecule has 0 aliphatic rings. The molecule has 28 nitrogen and oxygen atoms in total. The van der Waals surface area contributed by atoms with Gasteiger partial charge in [0, 0.05) is 124 Å². The van der Waals surface area contributed by atoms with Crippen molar-refractivity contribution in [2.75, 3.05) is 49.6 Å². The fraction of sp³-hybridized carbons (Fsp3) is 0.00917. The van der Waals surface area contributed by atoms with Gasteiger partial charge in [0.05, 0.1) is 66.2 Å². The molecule has 686 valence electrons. The Labute approximate surface area is 806 Å². The van der Waals surface area contributed by atoms with Crippen molar-refractivity contribution in [1.29, 1.82) is 0 Å². The third-order valence-corrected chi connectivity index (χ3v) is 22.5. The molecule has 0 aliphatic carbocycles. The van der Waals surface area contributed by atoms with E-state index < -0.39 is 10.7 Å². The molecule has 0 fully saturated rings. The standard InChI is InChI=1S/C28H22N4O3.C27H18Cl2N4O2.C27H19FN4O2.C27H19N5O4/c1-35-23-14-9-19(10-15-23)27(33)30-22-12-7-18(8-13-22)26-31-24-16-11-20(17-25(24)32-26)28(34)29-21-5-3-2-4-6-21;28-21-12-8-17(14-22(21)29)26(34)31-20-10-6-16(7-11-20)25-32-23-13-9-18(15-24(23)33-25)27(35)30-19-4-2-1-3-5-19;28-20-11-6-18(7-12-20)26(33)30-22-13-8-17(9-14-22)25-31-23-15-10-19(16-24(23)32-25)27(34)29-21-4-2-1-3-5-21;33-26(18-8-13-22(14-9-18)32(35)36)29-21-11-6-17(7-12-21)25-30-23-15-10-19(16-24(23)31-25)27(34)28-20-4-2-1-3-5-20/h2-17H,1H3,(H,29,34)(H,30,33)(H,31,32);1-15H,(H,30,35)(H,31,34)(H,32,33);1-16H,(H,29,34)(H,30,33)(H,31,32);1-16H,(H,28,34)(H,29,33)(H,30,31). The van der Waals surface area contributed by atoms with Crippen LogP contribution in [0.1, 0.15) is 82.9 Å². The first kappa shape index (κ1) is 92.7. The number of aromatic nitrogens is 8. The second-order valence-corrected chi connectivity index (χ2v) is 32.2. The number of halogens is 3. The molecule has 0 saturated carbocycles. The molecule has 31 heteroatoms. The quantitative estimate of drug-likeness (QED) is 0.0222. The summed E-state index contributed by atoms with van der Waals surface area (Å²) in [5.41, 5.74) is 18.3. The first-order valence-corrected chi connectivity index (χ1v) is 44.0. The number of anilines is 8. The van der Waals surface area contributed by atoms with Gasteiger partial charge in [0.1, 0.15) is 34.9 Å². The fourth-order valence-electron chi connectivity index (χ4n) is 14.4. The van der Waals surface area contributed by atoms with Gasteiger partial charge >= 0.3 is 0 Å². The zero-order valence-corrected chi connectivity index (χ0v) is 75.2. The molecule has 12 N–H and O–H groups in total. The van der Waals surface area contributed by atoms with Crippen LogP contribution in [-0.2, 0) is 0 Å². The highest BCUT2D eigenvalue weighted by Gasteiger charge is 2.20. The molecular weight excluding hydrogens is 1810 g/mol. The first-order valence-electron chi connectivity index (χ1n) is 43.3. The van der Waals surface area contributed by atoms with Crippen LogP contribution in [0.15, 0.2) is 382 Å². The summed E-state index contributed by atoms with van der Waals surface area (Å²) >= 11 is 11.9. The molecule has 140 heavy (non-hydrogen) atoms. The largest absolute Gasteiger partial charge is 0.497 e. The van der Waals surface area contributed by atoms with Crippen molar-refractivity contribution in [1.82, 2.24) is 39.9 Å². The topological polar surface area (TPSA) is 400 Å². The van der Waals surface area contributed by atoms with Crippen molar-refractivity contribution in [2.45, 2.75) is 0 Å². The lowest BCUT2D eigenvalue weighted by molar-refractivity contribution is -0.384. The molecule has 0 atom stereocenters. The number of nitrogens with one attached hydrogen (secondary N) is 12. The zero-order valence-electron chi connectivity index (χ0n) is 73.7. The van der Waals surface area contributed by atoms with E-state index in [2.05, 4.69) is 82.4 Å². The van der Waals surface area contributed by atoms with E-state index in [0.29, 0.717) is 112 Å². The van der Waals surface area contributed by atoms with Crippen molar-refractivity contribution in [2.24, 2.45) is 0 Å². The van der Waals surface area contributed by atoms with Gasteiger partial charge in [-0.3, -0.25) is 48.5 Å². The average molecular weight is 1890 g/mol. The summed E-state index contributed by atoms with van der Waals surface area (Å²) in [6, 6.07) is 110. The number of rotatable bonds is 22. The fourth-order valence-corrected chi connectivity index (χ4v) is 14.7. The molecule has 0 saturated heterocycles. The Bertz CT molecular complexity index is 7980. The average Bonchev–Trinajstić information content (AvgIpc) is 1.66. The molecular formula is C109H78Cl2FN17O11. The highest BCUT2D eigenvalue weighted by molar-refractivity contribution is 6.42. The van der Waals surface area contributed by atoms with Gasteiger partial charge in [-0.1, -0.05) is 96.0 Å². The second-order valence-electron chi connectivity index (χ2n) is 31.3. The minimum absolute atomic E-state index is 0.0781. The molecule has 0 unspecified atom stereocenters. The van der Waals surface area contributed by atoms with E-state index in [1.54, 1.807) is 147 Å². The molecule has 16 aromatic carbocycles. The summed E-state index contributed by atoms with van der Waals surface area (Å²) in [6.07, 6.45) is 0. The predicted octanol–water partition coefficient (Wildman–Crippen LogP) is 24.3. The van der Waals surface area contributed by atoms with Crippen LogP contribution in [0.2, 0.25) is 10.0 Å². The number of nitro groups is 1. The maximum absolute atomic E-state index is 13.0. The Morgan fingerprint density at radius 2 is 0.493 bits per heavy atom. The molecule has 20 rings (SSSR count). The van der Waals surface area contributed by atoms with Crippen molar-refractivity contribution in [3.63, 3.8) is 0 Å². The van der Waals surface area contributed by atoms with Gasteiger partial charge in [-0.2, -0.15) is 0 Å². The van der Waals surface area contributed by atoms with Gasteiger partial charge in [-0.25, -0.2) is 24.3 Å². The number of para-hydroxylation sites is 4. The number of aromatic amines is 4. The number of hydrogen-bond donors (Lipinski definition) is 12. The third-order valence-electron chi connectivity index (χ3n) is 21.7. The van der Waals surface area contributed by atoms with Crippen LogP contribution in [-0.4, -0.2) is 99.2 Å². The molecule has 4 aromatic heterocycles. The lowest BCUT2D eigenvalue weighted by atomic mass is 10.1. The van der Waals surface area contributed by atoms with Crippen molar-refractivity contribution in [3.05, 3.63) is 453 Å². The Balaban J connectivity index is 0.000000129. The SMILES string of the molecule is COc1ccc(C(=O)Nc2ccc(-c3nc4ccc(C(=O)Nc5ccccc5)cc4[nH]3)cc2)cc1.O=C(Nc1ccc(-c2nc3ccc(C(=O)Nc4ccccc4)cc3[nH]2)cc1)c1ccc(Cl)c(Cl)c1.O=C(Nc1ccc(-c2nc3ccc(C(=O)Nc4ccccc4)cc3[nH]2)cc1)c1ccc(F)cc1.O=C(Nc1ccc(-c2nc3ccc(C(=O)Nc4ccccc4)cc3[nH]2)cc1)c1ccc([N+](=O)[O-])cc1. The molecule has 8 amide bonds. The van der Waals surface area contributed by atoms with Crippen LogP contribution < -0.4 is 47.3 Å². The summed E-state index contributed by atoms with van der Waals surface area (Å²) in [7, 11) is 1.58. The maximum atomic E-state index is 13.0. The van der Waals surface area contributed by atoms with E-state index in [1.807, 2.05) is 188 Å². The monoisotopic (exact) mass is 1890 g/mol. The van der Waals surface area contributed by atoms with E-state index in [9.17, 15) is 52.9 Å². The summed E-state index contributed by atoms with van der Waals surface area (Å²) < 4.78 is 18.2. The van der Waals surface area contributed by atoms with Crippen LogP contribution in [0.3, 0.4) is 0 Å². The predicted molar refractivity (Wildman–Crippen MR) is 544 cm³/mol. The lowest BCUT2D eigenvalue weighted by Crippen LogP contribution is -2.11. The van der Waals surface area contributed by atoms with Gasteiger partial charge in [0.2, 0.25) is 0 Å². The van der Waals surface area contributed by atoms with Gasteiger partial charge in [-0.15, -0.1) is 0 Å². The maximum Gasteiger partial charge on any atom is 0.269 e. The normalized spacial score (nSPS) is 10.7. The Hall–Kier alpha value is -19.1. The number of methoxy groups -OCH3 is 1. The van der Waals surface area contributed by atoms with E-state index >= 15 is 0 Å². The van der Waals surface area contributed by atoms with Gasteiger partial charge < -0.3 is 67.2 Å². The Kier molecular flexibility index (Phi) is 28.4. The molecule has 0 radical (unpaired) electrons.